The molecule has 0 saturated carbocycles. The molecule has 4 rings (SSSR count). The highest BCUT2D eigenvalue weighted by atomic mass is 16.6. The van der Waals surface area contributed by atoms with Crippen LogP contribution >= 0.6 is 0 Å². The lowest BCUT2D eigenvalue weighted by atomic mass is 10.0. The van der Waals surface area contributed by atoms with E-state index in [2.05, 4.69) is 0 Å². The van der Waals surface area contributed by atoms with Crippen LogP contribution in [-0.4, -0.2) is 26.1 Å². The summed E-state index contributed by atoms with van der Waals surface area (Å²) in [5.74, 6) is 1.64. The lowest BCUT2D eigenvalue weighted by Crippen LogP contribution is -2.11. The molecule has 5 nitrogen and oxygen atoms in total. The molecule has 5 heteroatoms. The van der Waals surface area contributed by atoms with Crippen LogP contribution in [0, 0.1) is 0 Å². The Kier molecular flexibility index (Phi) is 5.49. The molecular weight excluding hydrogens is 368 g/mol. The summed E-state index contributed by atoms with van der Waals surface area (Å²) in [7, 11) is 3.16. The molecule has 2 unspecified atom stereocenters. The van der Waals surface area contributed by atoms with Crippen LogP contribution in [0.1, 0.15) is 27.6 Å². The minimum Gasteiger partial charge on any atom is -0.493 e. The Balaban J connectivity index is 1.52. The lowest BCUT2D eigenvalue weighted by Gasteiger charge is -2.11. The Labute approximate surface area is 169 Å². The molecule has 0 aliphatic carbocycles. The van der Waals surface area contributed by atoms with Crippen molar-refractivity contribution in [3.63, 3.8) is 0 Å². The van der Waals surface area contributed by atoms with Gasteiger partial charge in [-0.05, 0) is 23.8 Å². The number of ketones is 1. The van der Waals surface area contributed by atoms with Crippen LogP contribution in [0.25, 0.3) is 0 Å². The van der Waals surface area contributed by atoms with Gasteiger partial charge in [0.05, 0.1) is 19.8 Å². The van der Waals surface area contributed by atoms with Gasteiger partial charge in [-0.3, -0.25) is 4.79 Å². The summed E-state index contributed by atoms with van der Waals surface area (Å²) in [6.45, 7) is 0.393. The van der Waals surface area contributed by atoms with Crippen molar-refractivity contribution in [2.24, 2.45) is 0 Å². The topological polar surface area (TPSA) is 57.3 Å². The molecule has 0 N–H and O–H groups in total. The van der Waals surface area contributed by atoms with Gasteiger partial charge >= 0.3 is 0 Å². The normalized spacial score (nSPS) is 17.4. The second-order valence-electron chi connectivity index (χ2n) is 6.69. The van der Waals surface area contributed by atoms with Crippen LogP contribution in [0.4, 0.5) is 0 Å². The lowest BCUT2D eigenvalue weighted by molar-refractivity contribution is 0.0949. The maximum Gasteiger partial charge on any atom is 0.198 e. The van der Waals surface area contributed by atoms with Crippen molar-refractivity contribution < 1.29 is 23.7 Å². The highest BCUT2D eigenvalue weighted by molar-refractivity contribution is 6.03. The quantitative estimate of drug-likeness (QED) is 0.415. The number of rotatable bonds is 8. The first-order valence-electron chi connectivity index (χ1n) is 9.39. The molecule has 0 radical (unpaired) electrons. The molecule has 29 heavy (non-hydrogen) atoms. The van der Waals surface area contributed by atoms with Crippen molar-refractivity contribution in [3.8, 4) is 17.2 Å². The van der Waals surface area contributed by atoms with Gasteiger partial charge in [0.2, 0.25) is 0 Å². The fourth-order valence-electron chi connectivity index (χ4n) is 3.37. The third-order valence-corrected chi connectivity index (χ3v) is 4.88. The number of Topliss-reactive ketones (excluding diaryl/α,β-unsaturated/α-hetero) is 1. The smallest absolute Gasteiger partial charge is 0.198 e. The van der Waals surface area contributed by atoms with Crippen LogP contribution in [0.15, 0.2) is 72.8 Å². The number of para-hydroxylation sites is 2. The number of ether oxygens (including phenoxy) is 4. The van der Waals surface area contributed by atoms with E-state index in [9.17, 15) is 4.79 Å². The summed E-state index contributed by atoms with van der Waals surface area (Å²) >= 11 is 0. The van der Waals surface area contributed by atoms with Gasteiger partial charge in [-0.25, -0.2) is 0 Å². The summed E-state index contributed by atoms with van der Waals surface area (Å²) in [6, 6.07) is 22.7. The molecule has 1 fully saturated rings. The van der Waals surface area contributed by atoms with Gasteiger partial charge in [0, 0.05) is 5.56 Å². The van der Waals surface area contributed by atoms with Crippen LogP contribution in [-0.2, 0) is 11.3 Å². The molecule has 0 spiro atoms. The molecule has 1 aliphatic heterocycles. The van der Waals surface area contributed by atoms with Gasteiger partial charge in [0.25, 0.3) is 0 Å². The summed E-state index contributed by atoms with van der Waals surface area (Å²) in [4.78, 5) is 13.1. The van der Waals surface area contributed by atoms with Crippen LogP contribution in [0.5, 0.6) is 17.2 Å². The molecule has 1 aliphatic rings. The average molecular weight is 390 g/mol. The first-order valence-corrected chi connectivity index (χ1v) is 9.39. The largest absolute Gasteiger partial charge is 0.493 e. The van der Waals surface area contributed by atoms with E-state index >= 15 is 0 Å². The predicted octanol–water partition coefficient (Wildman–Crippen LogP) is 4.61. The van der Waals surface area contributed by atoms with Crippen LogP contribution in [0.2, 0.25) is 0 Å². The molecule has 1 saturated heterocycles. The number of carbonyl (C=O) groups excluding carboxylic acids is 1. The summed E-state index contributed by atoms with van der Waals surface area (Å²) in [6.07, 6.45) is -0.938. The Hall–Kier alpha value is -3.31. The van der Waals surface area contributed by atoms with E-state index < -0.39 is 6.10 Å². The van der Waals surface area contributed by atoms with E-state index in [-0.39, 0.29) is 11.9 Å². The SMILES string of the molecule is COc1cccc(C2OC2C(=O)c2ccccc2OCc2ccccc2)c1OC. The third-order valence-electron chi connectivity index (χ3n) is 4.88. The van der Waals surface area contributed by atoms with E-state index in [1.54, 1.807) is 26.4 Å². The standard InChI is InChI=1S/C24H22O5/c1-26-20-14-8-12-18(22(20)27-2)23-24(29-23)21(25)17-11-6-7-13-19(17)28-15-16-9-4-3-5-10-16/h3-14,23-24H,15H2,1-2H3. The average Bonchev–Trinajstić information content (AvgIpc) is 3.58. The minimum absolute atomic E-state index is 0.108. The van der Waals surface area contributed by atoms with Crippen molar-refractivity contribution in [1.82, 2.24) is 0 Å². The van der Waals surface area contributed by atoms with E-state index in [0.29, 0.717) is 29.4 Å². The number of methoxy groups -OCH3 is 2. The molecule has 148 valence electrons. The van der Waals surface area contributed by atoms with Crippen molar-refractivity contribution in [2.45, 2.75) is 18.8 Å². The van der Waals surface area contributed by atoms with Gasteiger partial charge in [-0.2, -0.15) is 0 Å². The van der Waals surface area contributed by atoms with E-state index in [4.69, 9.17) is 18.9 Å². The zero-order chi connectivity index (χ0) is 20.2. The van der Waals surface area contributed by atoms with Gasteiger partial charge in [-0.15, -0.1) is 0 Å². The molecular formula is C24H22O5. The van der Waals surface area contributed by atoms with Crippen molar-refractivity contribution >= 4 is 5.78 Å². The number of hydrogen-bond donors (Lipinski definition) is 0. The monoisotopic (exact) mass is 390 g/mol. The van der Waals surface area contributed by atoms with Crippen molar-refractivity contribution in [2.75, 3.05) is 14.2 Å². The Morgan fingerprint density at radius 1 is 0.862 bits per heavy atom. The van der Waals surface area contributed by atoms with Crippen LogP contribution < -0.4 is 14.2 Å². The highest BCUT2D eigenvalue weighted by Gasteiger charge is 2.48. The van der Waals surface area contributed by atoms with Gasteiger partial charge in [0.15, 0.2) is 23.4 Å². The molecule has 3 aromatic carbocycles. The molecule has 1 heterocycles. The Morgan fingerprint density at radius 3 is 2.34 bits per heavy atom. The maximum absolute atomic E-state index is 13.1. The maximum atomic E-state index is 13.1. The fraction of sp³-hybridized carbons (Fsp3) is 0.208. The van der Waals surface area contributed by atoms with Crippen molar-refractivity contribution in [3.05, 3.63) is 89.5 Å². The second kappa shape index (κ2) is 8.37. The first kappa shape index (κ1) is 19.0. The number of carbonyl (C=O) groups is 1. The molecule has 2 atom stereocenters. The predicted molar refractivity (Wildman–Crippen MR) is 109 cm³/mol. The summed E-state index contributed by atoms with van der Waals surface area (Å²) in [5, 5.41) is 0. The van der Waals surface area contributed by atoms with E-state index in [1.165, 1.54) is 0 Å². The highest BCUT2D eigenvalue weighted by Crippen LogP contribution is 2.47. The number of benzene rings is 3. The van der Waals surface area contributed by atoms with E-state index in [1.807, 2.05) is 60.7 Å². The van der Waals surface area contributed by atoms with Gasteiger partial charge in [0.1, 0.15) is 18.5 Å². The first-order chi connectivity index (χ1) is 14.2. The number of epoxide rings is 1. The van der Waals surface area contributed by atoms with Gasteiger partial charge < -0.3 is 18.9 Å². The van der Waals surface area contributed by atoms with Crippen LogP contribution in [0.3, 0.4) is 0 Å². The Morgan fingerprint density at radius 2 is 1.59 bits per heavy atom. The Bertz CT molecular complexity index is 999. The van der Waals surface area contributed by atoms with Gasteiger partial charge in [-0.1, -0.05) is 54.6 Å². The molecule has 0 amide bonds. The third kappa shape index (κ3) is 3.96. The van der Waals surface area contributed by atoms with E-state index in [0.717, 1.165) is 11.1 Å². The minimum atomic E-state index is -0.572. The van der Waals surface area contributed by atoms with Crippen molar-refractivity contribution in [1.29, 1.82) is 0 Å². The second-order valence-corrected chi connectivity index (χ2v) is 6.69. The summed E-state index contributed by atoms with van der Waals surface area (Å²) < 4.78 is 22.5. The molecule has 0 aromatic heterocycles. The number of hydrogen-bond acceptors (Lipinski definition) is 5. The summed E-state index contributed by atoms with van der Waals surface area (Å²) in [5.41, 5.74) is 2.35. The zero-order valence-corrected chi connectivity index (χ0v) is 16.3. The molecule has 3 aromatic rings. The molecule has 0 bridgehead atoms. The fourth-order valence-corrected chi connectivity index (χ4v) is 3.37. The zero-order valence-electron chi connectivity index (χ0n) is 16.3.